The highest BCUT2D eigenvalue weighted by Gasteiger charge is 2.21. The first-order chi connectivity index (χ1) is 17.2. The lowest BCUT2D eigenvalue weighted by Gasteiger charge is -2.28. The summed E-state index contributed by atoms with van der Waals surface area (Å²) >= 11 is 6.50. The number of nitrogens with zero attached hydrogens (tertiary/aromatic N) is 4. The number of benzene rings is 2. The molecule has 1 aliphatic rings. The lowest BCUT2D eigenvalue weighted by molar-refractivity contribution is 0.122. The summed E-state index contributed by atoms with van der Waals surface area (Å²) in [7, 11) is 0. The zero-order chi connectivity index (χ0) is 23.8. The van der Waals surface area contributed by atoms with E-state index in [1.807, 2.05) is 42.5 Å². The van der Waals surface area contributed by atoms with Gasteiger partial charge in [0.25, 0.3) is 5.56 Å². The molecule has 3 aromatic heterocycles. The fourth-order valence-electron chi connectivity index (χ4n) is 4.54. The molecule has 4 heterocycles. The van der Waals surface area contributed by atoms with Gasteiger partial charge in [-0.3, -0.25) is 9.78 Å². The summed E-state index contributed by atoms with van der Waals surface area (Å²) in [6, 6.07) is 17.5. The van der Waals surface area contributed by atoms with Crippen molar-refractivity contribution in [3.05, 3.63) is 82.9 Å². The molecule has 0 bridgehead atoms. The van der Waals surface area contributed by atoms with E-state index in [2.05, 4.69) is 32.3 Å². The van der Waals surface area contributed by atoms with Crippen LogP contribution in [0.15, 0.2) is 71.8 Å². The fraction of sp³-hybridized carbons (Fsp3) is 0.192. The maximum Gasteiger partial charge on any atom is 0.278 e. The minimum absolute atomic E-state index is 0.341. The van der Waals surface area contributed by atoms with E-state index in [0.717, 1.165) is 44.8 Å². The second-order valence-corrected chi connectivity index (χ2v) is 8.79. The van der Waals surface area contributed by atoms with Crippen LogP contribution in [0.3, 0.4) is 0 Å². The average Bonchev–Trinajstić information content (AvgIpc) is 3.34. The van der Waals surface area contributed by atoms with Gasteiger partial charge >= 0.3 is 0 Å². The van der Waals surface area contributed by atoms with Gasteiger partial charge in [-0.15, -0.1) is 0 Å². The average molecular weight is 487 g/mol. The summed E-state index contributed by atoms with van der Waals surface area (Å²) in [5, 5.41) is 4.28. The summed E-state index contributed by atoms with van der Waals surface area (Å²) in [5.41, 5.74) is 5.09. The molecule has 6 rings (SSSR count). The van der Waals surface area contributed by atoms with E-state index in [9.17, 15) is 4.79 Å². The van der Waals surface area contributed by atoms with Crippen molar-refractivity contribution in [1.82, 2.24) is 19.0 Å². The number of imidazole rings is 1. The van der Waals surface area contributed by atoms with Gasteiger partial charge in [0.2, 0.25) is 0 Å². The van der Waals surface area contributed by atoms with Crippen molar-refractivity contribution in [2.45, 2.75) is 6.54 Å². The molecule has 2 aromatic carbocycles. The number of aromatic nitrogens is 4. The molecule has 1 aliphatic heterocycles. The van der Waals surface area contributed by atoms with Crippen molar-refractivity contribution in [2.24, 2.45) is 0 Å². The second-order valence-electron chi connectivity index (χ2n) is 8.45. The minimum Gasteiger partial charge on any atom is -0.380 e. The summed E-state index contributed by atoms with van der Waals surface area (Å²) in [6.07, 6.45) is 3.53. The molecular formula is C26H23ClN6O2. The van der Waals surface area contributed by atoms with Crippen molar-refractivity contribution in [2.75, 3.05) is 36.5 Å². The Morgan fingerprint density at radius 2 is 1.94 bits per heavy atom. The predicted molar refractivity (Wildman–Crippen MR) is 139 cm³/mol. The van der Waals surface area contributed by atoms with Crippen LogP contribution in [0.4, 0.5) is 11.4 Å². The first-order valence-corrected chi connectivity index (χ1v) is 11.8. The topological polar surface area (TPSA) is 88.1 Å². The van der Waals surface area contributed by atoms with Gasteiger partial charge in [-0.05, 0) is 35.9 Å². The van der Waals surface area contributed by atoms with Crippen molar-refractivity contribution in [3.63, 3.8) is 0 Å². The van der Waals surface area contributed by atoms with Gasteiger partial charge in [-0.1, -0.05) is 24.3 Å². The van der Waals surface area contributed by atoms with E-state index in [0.29, 0.717) is 42.4 Å². The summed E-state index contributed by atoms with van der Waals surface area (Å²) in [6.45, 7) is 3.61. The van der Waals surface area contributed by atoms with Crippen LogP contribution < -0.4 is 15.8 Å². The third kappa shape index (κ3) is 4.00. The number of pyridine rings is 2. The fourth-order valence-corrected chi connectivity index (χ4v) is 4.77. The van der Waals surface area contributed by atoms with Crippen LogP contribution in [-0.4, -0.2) is 45.3 Å². The van der Waals surface area contributed by atoms with Crippen LogP contribution in [0, 0.1) is 0 Å². The number of morpholine rings is 1. The zero-order valence-electron chi connectivity index (χ0n) is 18.9. The molecule has 0 spiro atoms. The minimum atomic E-state index is -0.341. The standard InChI is InChI=1S/C26H23ClN6O2/c27-33-22-6-2-1-5-19(22)24(29-16-17-4-3-9-28-15-17)23(26(33)34)25-30-20-8-7-18(14-21(20)31-25)32-10-12-35-13-11-32/h1-9,14-15,29H,10-13,16H2,(H,30,31). The molecule has 0 atom stereocenters. The van der Waals surface area contributed by atoms with Crippen LogP contribution in [0.25, 0.3) is 33.3 Å². The maximum absolute atomic E-state index is 13.5. The highest BCUT2D eigenvalue weighted by Crippen LogP contribution is 2.33. The van der Waals surface area contributed by atoms with Gasteiger partial charge in [0.15, 0.2) is 0 Å². The normalized spacial score (nSPS) is 14.0. The molecule has 0 radical (unpaired) electrons. The number of hydrogen-bond acceptors (Lipinski definition) is 6. The van der Waals surface area contributed by atoms with E-state index >= 15 is 0 Å². The van der Waals surface area contributed by atoms with Gasteiger partial charge < -0.3 is 19.9 Å². The molecule has 0 amide bonds. The summed E-state index contributed by atoms with van der Waals surface area (Å²) < 4.78 is 6.63. The van der Waals surface area contributed by atoms with Crippen LogP contribution in [0.5, 0.6) is 0 Å². The largest absolute Gasteiger partial charge is 0.380 e. The molecular weight excluding hydrogens is 464 g/mol. The van der Waals surface area contributed by atoms with Crippen molar-refractivity contribution >= 4 is 45.1 Å². The van der Waals surface area contributed by atoms with E-state index in [1.54, 1.807) is 12.4 Å². The van der Waals surface area contributed by atoms with E-state index in [-0.39, 0.29) is 5.56 Å². The van der Waals surface area contributed by atoms with Gasteiger partial charge in [0.1, 0.15) is 11.4 Å². The Balaban J connectivity index is 1.48. The van der Waals surface area contributed by atoms with Gasteiger partial charge in [0, 0.05) is 54.9 Å². The molecule has 1 saturated heterocycles. The SMILES string of the molecule is O=c1c(-c2nc3ccc(N4CCOCC4)cc3[nH]2)c(NCc2cccnc2)c2ccccc2n1Cl. The maximum atomic E-state index is 13.5. The highest BCUT2D eigenvalue weighted by atomic mass is 35.5. The number of fused-ring (bicyclic) bond motifs is 2. The van der Waals surface area contributed by atoms with Crippen molar-refractivity contribution < 1.29 is 4.74 Å². The Kier molecular flexibility index (Phi) is 5.60. The lowest BCUT2D eigenvalue weighted by atomic mass is 10.1. The molecule has 8 nitrogen and oxygen atoms in total. The van der Waals surface area contributed by atoms with Crippen LogP contribution in [0.1, 0.15) is 5.56 Å². The third-order valence-corrected chi connectivity index (χ3v) is 6.63. The Bertz CT molecular complexity index is 1570. The summed E-state index contributed by atoms with van der Waals surface area (Å²) in [5.74, 6) is 0.470. The van der Waals surface area contributed by atoms with E-state index in [4.69, 9.17) is 21.5 Å². The third-order valence-electron chi connectivity index (χ3n) is 6.30. The lowest BCUT2D eigenvalue weighted by Crippen LogP contribution is -2.36. The molecule has 1 fully saturated rings. The molecule has 0 aliphatic carbocycles. The number of aromatic amines is 1. The van der Waals surface area contributed by atoms with Gasteiger partial charge in [-0.25, -0.2) is 9.07 Å². The van der Waals surface area contributed by atoms with Crippen LogP contribution >= 0.6 is 11.8 Å². The molecule has 5 aromatic rings. The molecule has 176 valence electrons. The molecule has 0 unspecified atom stereocenters. The number of H-pyrrole nitrogens is 1. The van der Waals surface area contributed by atoms with Gasteiger partial charge in [-0.2, -0.15) is 0 Å². The molecule has 9 heteroatoms. The number of rotatable bonds is 5. The Labute approximate surface area is 206 Å². The van der Waals surface area contributed by atoms with Gasteiger partial charge in [0.05, 0.1) is 35.5 Å². The predicted octanol–water partition coefficient (Wildman–Crippen LogP) is 4.39. The zero-order valence-corrected chi connectivity index (χ0v) is 19.6. The number of hydrogen-bond donors (Lipinski definition) is 2. The van der Waals surface area contributed by atoms with Crippen molar-refractivity contribution in [3.8, 4) is 11.4 Å². The molecule has 35 heavy (non-hydrogen) atoms. The molecule has 2 N–H and O–H groups in total. The Morgan fingerprint density at radius 3 is 2.77 bits per heavy atom. The number of ether oxygens (including phenoxy) is 1. The van der Waals surface area contributed by atoms with Crippen molar-refractivity contribution in [1.29, 1.82) is 0 Å². The number of anilines is 2. The van der Waals surface area contributed by atoms with Crippen LogP contribution in [-0.2, 0) is 11.3 Å². The second kappa shape index (κ2) is 9.05. The highest BCUT2D eigenvalue weighted by molar-refractivity contribution is 6.20. The number of halogens is 1. The summed E-state index contributed by atoms with van der Waals surface area (Å²) in [4.78, 5) is 28.1. The Hall–Kier alpha value is -3.88. The Morgan fingerprint density at radius 1 is 1.09 bits per heavy atom. The van der Waals surface area contributed by atoms with E-state index in [1.165, 1.54) is 0 Å². The number of para-hydroxylation sites is 1. The monoisotopic (exact) mass is 486 g/mol. The number of nitrogens with one attached hydrogen (secondary N) is 2. The quantitative estimate of drug-likeness (QED) is 0.383. The molecule has 0 saturated carbocycles. The first-order valence-electron chi connectivity index (χ1n) is 11.5. The first kappa shape index (κ1) is 21.6. The van der Waals surface area contributed by atoms with E-state index < -0.39 is 0 Å². The van der Waals surface area contributed by atoms with Crippen LogP contribution in [0.2, 0.25) is 0 Å². The smallest absolute Gasteiger partial charge is 0.278 e.